The number of hydrogen-bond acceptors (Lipinski definition) is 3. The second-order valence-corrected chi connectivity index (χ2v) is 5.85. The van der Waals surface area contributed by atoms with Crippen molar-refractivity contribution < 1.29 is 4.79 Å². The lowest BCUT2D eigenvalue weighted by Gasteiger charge is -2.04. The second-order valence-electron chi connectivity index (χ2n) is 4.82. The monoisotopic (exact) mass is 297 g/mol. The van der Waals surface area contributed by atoms with Crippen molar-refractivity contribution in [3.8, 4) is 0 Å². The molecule has 2 aromatic carbocycles. The van der Waals surface area contributed by atoms with Crippen molar-refractivity contribution in [1.29, 1.82) is 0 Å². The van der Waals surface area contributed by atoms with E-state index in [2.05, 4.69) is 28.6 Å². The van der Waals surface area contributed by atoms with Crippen LogP contribution in [0.4, 0.5) is 15.6 Å². The first-order chi connectivity index (χ1) is 10.1. The Balaban J connectivity index is 1.79. The number of nitrogens with one attached hydrogen (secondary N) is 2. The molecule has 21 heavy (non-hydrogen) atoms. The molecule has 3 rings (SSSR count). The van der Waals surface area contributed by atoms with Gasteiger partial charge in [-0.25, -0.2) is 9.78 Å². The third-order valence-electron chi connectivity index (χ3n) is 3.34. The van der Waals surface area contributed by atoms with Crippen molar-refractivity contribution in [2.75, 3.05) is 10.6 Å². The minimum atomic E-state index is -0.283. The number of hydrogen-bond donors (Lipinski definition) is 2. The summed E-state index contributed by atoms with van der Waals surface area (Å²) in [6.45, 7) is 4.11. The lowest BCUT2D eigenvalue weighted by Crippen LogP contribution is -2.19. The highest BCUT2D eigenvalue weighted by Gasteiger charge is 2.10. The molecule has 0 spiro atoms. The smallest absolute Gasteiger partial charge is 0.308 e. The summed E-state index contributed by atoms with van der Waals surface area (Å²) in [6, 6.07) is 13.2. The highest BCUT2D eigenvalue weighted by molar-refractivity contribution is 7.22. The van der Waals surface area contributed by atoms with Gasteiger partial charge in [-0.3, -0.25) is 5.32 Å². The Morgan fingerprint density at radius 3 is 2.57 bits per heavy atom. The van der Waals surface area contributed by atoms with Gasteiger partial charge >= 0.3 is 6.03 Å². The van der Waals surface area contributed by atoms with Crippen LogP contribution in [0.15, 0.2) is 42.5 Å². The van der Waals surface area contributed by atoms with Crippen molar-refractivity contribution in [2.45, 2.75) is 13.8 Å². The third-order valence-corrected chi connectivity index (χ3v) is 4.27. The van der Waals surface area contributed by atoms with E-state index in [1.807, 2.05) is 43.3 Å². The number of thiazole rings is 1. The molecule has 0 saturated carbocycles. The number of benzene rings is 2. The number of aromatic nitrogens is 1. The topological polar surface area (TPSA) is 54.0 Å². The highest BCUT2D eigenvalue weighted by Crippen LogP contribution is 2.29. The Morgan fingerprint density at radius 1 is 1.05 bits per heavy atom. The first-order valence-corrected chi connectivity index (χ1v) is 7.45. The summed E-state index contributed by atoms with van der Waals surface area (Å²) in [5.41, 5.74) is 4.06. The molecule has 4 nitrogen and oxygen atoms in total. The van der Waals surface area contributed by atoms with Gasteiger partial charge in [-0.05, 0) is 43.2 Å². The van der Waals surface area contributed by atoms with Gasteiger partial charge in [0, 0.05) is 5.69 Å². The molecule has 0 unspecified atom stereocenters. The molecule has 0 aliphatic carbocycles. The van der Waals surface area contributed by atoms with Crippen LogP contribution in [0.1, 0.15) is 11.1 Å². The zero-order valence-electron chi connectivity index (χ0n) is 11.8. The molecule has 5 heteroatoms. The normalized spacial score (nSPS) is 10.6. The number of carbonyl (C=O) groups excluding carboxylic acids is 1. The average Bonchev–Trinajstić information content (AvgIpc) is 2.87. The van der Waals surface area contributed by atoms with E-state index in [0.29, 0.717) is 5.13 Å². The van der Waals surface area contributed by atoms with Crippen LogP contribution in [-0.4, -0.2) is 11.0 Å². The van der Waals surface area contributed by atoms with Crippen molar-refractivity contribution in [3.05, 3.63) is 53.6 Å². The molecule has 0 bridgehead atoms. The molecule has 0 aliphatic rings. The van der Waals surface area contributed by atoms with Crippen molar-refractivity contribution >= 4 is 38.4 Å². The molecule has 0 atom stereocenters. The average molecular weight is 297 g/mol. The van der Waals surface area contributed by atoms with Crippen molar-refractivity contribution in [3.63, 3.8) is 0 Å². The number of nitrogens with zero attached hydrogens (tertiary/aromatic N) is 1. The maximum Gasteiger partial charge on any atom is 0.325 e. The van der Waals surface area contributed by atoms with E-state index in [1.54, 1.807) is 0 Å². The number of aryl methyl sites for hydroxylation is 2. The Bertz CT molecular complexity index is 796. The molecule has 1 aromatic heterocycles. The van der Waals surface area contributed by atoms with Crippen molar-refractivity contribution in [1.82, 2.24) is 4.98 Å². The summed E-state index contributed by atoms with van der Waals surface area (Å²) < 4.78 is 1.08. The van der Waals surface area contributed by atoms with Gasteiger partial charge in [0.05, 0.1) is 10.2 Å². The quantitative estimate of drug-likeness (QED) is 0.728. The molecule has 0 fully saturated rings. The first-order valence-electron chi connectivity index (χ1n) is 6.63. The Kier molecular flexibility index (Phi) is 3.58. The molecule has 3 aromatic rings. The Labute approximate surface area is 126 Å². The SMILES string of the molecule is Cc1ccc2sc(NC(=O)Nc3ccccc3)nc2c1C. The number of anilines is 2. The van der Waals surface area contributed by atoms with E-state index in [0.717, 1.165) is 21.5 Å². The maximum atomic E-state index is 12.0. The summed E-state index contributed by atoms with van der Waals surface area (Å²) in [5, 5.41) is 6.17. The van der Waals surface area contributed by atoms with Gasteiger partial charge in [0.15, 0.2) is 5.13 Å². The van der Waals surface area contributed by atoms with Gasteiger partial charge in [-0.2, -0.15) is 0 Å². The first kappa shape index (κ1) is 13.6. The van der Waals surface area contributed by atoms with Crippen LogP contribution in [0.5, 0.6) is 0 Å². The molecule has 2 amide bonds. The van der Waals surface area contributed by atoms with Gasteiger partial charge in [-0.15, -0.1) is 0 Å². The van der Waals surface area contributed by atoms with Gasteiger partial charge in [0.25, 0.3) is 0 Å². The fraction of sp³-hybridized carbons (Fsp3) is 0.125. The van der Waals surface area contributed by atoms with Gasteiger partial charge in [0.1, 0.15) is 0 Å². The highest BCUT2D eigenvalue weighted by atomic mass is 32.1. The van der Waals surface area contributed by atoms with Crippen LogP contribution in [-0.2, 0) is 0 Å². The Hall–Kier alpha value is -2.40. The lowest BCUT2D eigenvalue weighted by molar-refractivity contribution is 0.262. The number of para-hydroxylation sites is 1. The zero-order valence-corrected chi connectivity index (χ0v) is 12.6. The van der Waals surface area contributed by atoms with E-state index < -0.39 is 0 Å². The van der Waals surface area contributed by atoms with Crippen LogP contribution in [0.2, 0.25) is 0 Å². The van der Waals surface area contributed by atoms with E-state index in [1.165, 1.54) is 16.9 Å². The van der Waals surface area contributed by atoms with Gasteiger partial charge < -0.3 is 5.32 Å². The van der Waals surface area contributed by atoms with E-state index >= 15 is 0 Å². The summed E-state index contributed by atoms with van der Waals surface area (Å²) in [7, 11) is 0. The minimum Gasteiger partial charge on any atom is -0.308 e. The number of carbonyl (C=O) groups is 1. The largest absolute Gasteiger partial charge is 0.325 e. The predicted octanol–water partition coefficient (Wildman–Crippen LogP) is 4.56. The van der Waals surface area contributed by atoms with Crippen LogP contribution in [0.3, 0.4) is 0 Å². The van der Waals surface area contributed by atoms with Crippen molar-refractivity contribution in [2.24, 2.45) is 0 Å². The molecular weight excluding hydrogens is 282 g/mol. The molecule has 0 aliphatic heterocycles. The minimum absolute atomic E-state index is 0.283. The van der Waals surface area contributed by atoms with E-state index in [9.17, 15) is 4.79 Å². The number of urea groups is 1. The second kappa shape index (κ2) is 5.54. The fourth-order valence-electron chi connectivity index (χ4n) is 2.06. The van der Waals surface area contributed by atoms with E-state index in [4.69, 9.17) is 0 Å². The van der Waals surface area contributed by atoms with Crippen LogP contribution in [0, 0.1) is 13.8 Å². The third kappa shape index (κ3) is 2.87. The standard InChI is InChI=1S/C16H15N3OS/c1-10-8-9-13-14(11(10)2)18-16(21-13)19-15(20)17-12-6-4-3-5-7-12/h3-9H,1-2H3,(H2,17,18,19,20). The molecular formula is C16H15N3OS. The summed E-state index contributed by atoms with van der Waals surface area (Å²) in [5.74, 6) is 0. The van der Waals surface area contributed by atoms with Gasteiger partial charge in [0.2, 0.25) is 0 Å². The predicted molar refractivity (Wildman–Crippen MR) is 88.2 cm³/mol. The van der Waals surface area contributed by atoms with Crippen LogP contribution in [0.25, 0.3) is 10.2 Å². The number of rotatable bonds is 2. The summed E-state index contributed by atoms with van der Waals surface area (Å²) in [4.78, 5) is 16.5. The van der Waals surface area contributed by atoms with Crippen LogP contribution >= 0.6 is 11.3 Å². The van der Waals surface area contributed by atoms with Gasteiger partial charge in [-0.1, -0.05) is 35.6 Å². The maximum absolute atomic E-state index is 12.0. The summed E-state index contributed by atoms with van der Waals surface area (Å²) >= 11 is 1.48. The lowest BCUT2D eigenvalue weighted by atomic mass is 10.1. The summed E-state index contributed by atoms with van der Waals surface area (Å²) in [6.07, 6.45) is 0. The number of amides is 2. The zero-order chi connectivity index (χ0) is 14.8. The Morgan fingerprint density at radius 2 is 1.81 bits per heavy atom. The molecule has 1 heterocycles. The number of fused-ring (bicyclic) bond motifs is 1. The fourth-order valence-corrected chi connectivity index (χ4v) is 2.98. The molecule has 106 valence electrons. The molecule has 0 radical (unpaired) electrons. The molecule has 0 saturated heterocycles. The van der Waals surface area contributed by atoms with E-state index in [-0.39, 0.29) is 6.03 Å². The molecule has 2 N–H and O–H groups in total. The van der Waals surface area contributed by atoms with Crippen LogP contribution < -0.4 is 10.6 Å².